The van der Waals surface area contributed by atoms with E-state index >= 15 is 0 Å². The van der Waals surface area contributed by atoms with Gasteiger partial charge in [0.25, 0.3) is 0 Å². The Labute approximate surface area is 146 Å². The monoisotopic (exact) mass is 336 g/mol. The van der Waals surface area contributed by atoms with Crippen LogP contribution in [-0.2, 0) is 0 Å². The molecular formula is C18H20N6O. The van der Waals surface area contributed by atoms with Gasteiger partial charge in [-0.15, -0.1) is 0 Å². The summed E-state index contributed by atoms with van der Waals surface area (Å²) in [6, 6.07) is 11.8. The molecule has 7 heteroatoms. The maximum atomic E-state index is 5.50. The van der Waals surface area contributed by atoms with Gasteiger partial charge < -0.3 is 9.42 Å². The summed E-state index contributed by atoms with van der Waals surface area (Å²) in [5.74, 6) is 2.08. The summed E-state index contributed by atoms with van der Waals surface area (Å²) >= 11 is 0. The van der Waals surface area contributed by atoms with Crippen molar-refractivity contribution in [2.75, 3.05) is 31.1 Å². The fraction of sp³-hybridized carbons (Fsp3) is 0.333. The van der Waals surface area contributed by atoms with Gasteiger partial charge in [-0.2, -0.15) is 4.98 Å². The molecule has 1 aliphatic rings. The number of anilines is 1. The van der Waals surface area contributed by atoms with E-state index in [0.29, 0.717) is 11.7 Å². The SMILES string of the molecule is CC(c1nc(-c2ccccc2)no1)N1CCN(c2ncccn2)CC1. The Bertz CT molecular complexity index is 799. The van der Waals surface area contributed by atoms with Crippen molar-refractivity contribution < 1.29 is 4.52 Å². The highest BCUT2D eigenvalue weighted by Gasteiger charge is 2.26. The molecule has 1 fully saturated rings. The maximum Gasteiger partial charge on any atom is 0.244 e. The largest absolute Gasteiger partial charge is 0.338 e. The highest BCUT2D eigenvalue weighted by Crippen LogP contribution is 2.24. The summed E-state index contributed by atoms with van der Waals surface area (Å²) in [5, 5.41) is 4.12. The topological polar surface area (TPSA) is 71.2 Å². The van der Waals surface area contributed by atoms with Gasteiger partial charge in [-0.05, 0) is 13.0 Å². The molecule has 0 N–H and O–H groups in total. The minimum Gasteiger partial charge on any atom is -0.338 e. The van der Waals surface area contributed by atoms with E-state index in [9.17, 15) is 0 Å². The lowest BCUT2D eigenvalue weighted by molar-refractivity contribution is 0.163. The third-order valence-electron chi connectivity index (χ3n) is 4.53. The van der Waals surface area contributed by atoms with Crippen molar-refractivity contribution in [3.05, 3.63) is 54.7 Å². The molecule has 3 aromatic rings. The van der Waals surface area contributed by atoms with Crippen molar-refractivity contribution >= 4 is 5.95 Å². The van der Waals surface area contributed by atoms with Gasteiger partial charge in [-0.3, -0.25) is 4.90 Å². The second-order valence-corrected chi connectivity index (χ2v) is 6.07. The summed E-state index contributed by atoms with van der Waals surface area (Å²) in [6.45, 7) is 5.68. The first-order chi connectivity index (χ1) is 12.3. The lowest BCUT2D eigenvalue weighted by Crippen LogP contribution is -2.47. The molecule has 3 heterocycles. The minimum atomic E-state index is 0.0869. The fourth-order valence-corrected chi connectivity index (χ4v) is 3.03. The summed E-state index contributed by atoms with van der Waals surface area (Å²) in [7, 11) is 0. The maximum absolute atomic E-state index is 5.50. The first kappa shape index (κ1) is 15.7. The van der Waals surface area contributed by atoms with E-state index in [0.717, 1.165) is 37.7 Å². The first-order valence-electron chi connectivity index (χ1n) is 8.46. The summed E-state index contributed by atoms with van der Waals surface area (Å²) in [4.78, 5) is 17.8. The van der Waals surface area contributed by atoms with Gasteiger partial charge in [0.15, 0.2) is 0 Å². The predicted octanol–water partition coefficient (Wildman–Crippen LogP) is 2.41. The molecule has 0 radical (unpaired) electrons. The molecule has 0 aliphatic carbocycles. The van der Waals surface area contributed by atoms with Crippen molar-refractivity contribution in [2.24, 2.45) is 0 Å². The zero-order valence-electron chi connectivity index (χ0n) is 14.1. The normalized spacial score (nSPS) is 16.8. The molecule has 1 aliphatic heterocycles. The van der Waals surface area contributed by atoms with Crippen LogP contribution >= 0.6 is 0 Å². The third-order valence-corrected chi connectivity index (χ3v) is 4.53. The Morgan fingerprint density at radius 2 is 1.68 bits per heavy atom. The van der Waals surface area contributed by atoms with E-state index in [1.165, 1.54) is 0 Å². The van der Waals surface area contributed by atoms with Crippen LogP contribution in [0, 0.1) is 0 Å². The van der Waals surface area contributed by atoms with Crippen LogP contribution in [-0.4, -0.2) is 51.2 Å². The minimum absolute atomic E-state index is 0.0869. The van der Waals surface area contributed by atoms with E-state index < -0.39 is 0 Å². The van der Waals surface area contributed by atoms with E-state index in [1.807, 2.05) is 36.4 Å². The Balaban J connectivity index is 1.41. The quantitative estimate of drug-likeness (QED) is 0.724. The molecule has 4 rings (SSSR count). The lowest BCUT2D eigenvalue weighted by Gasteiger charge is -2.36. The molecule has 1 saturated heterocycles. The highest BCUT2D eigenvalue weighted by molar-refractivity contribution is 5.53. The van der Waals surface area contributed by atoms with Crippen molar-refractivity contribution in [1.82, 2.24) is 25.0 Å². The molecule has 0 amide bonds. The Morgan fingerprint density at radius 3 is 2.40 bits per heavy atom. The van der Waals surface area contributed by atoms with Gasteiger partial charge in [0, 0.05) is 44.1 Å². The number of nitrogens with zero attached hydrogens (tertiary/aromatic N) is 6. The highest BCUT2D eigenvalue weighted by atomic mass is 16.5. The molecule has 0 spiro atoms. The summed E-state index contributed by atoms with van der Waals surface area (Å²) < 4.78 is 5.50. The van der Waals surface area contributed by atoms with Gasteiger partial charge in [0.05, 0.1) is 6.04 Å². The van der Waals surface area contributed by atoms with E-state index in [2.05, 4.69) is 36.8 Å². The molecule has 1 aromatic carbocycles. The van der Waals surface area contributed by atoms with E-state index in [4.69, 9.17) is 4.52 Å². The molecule has 0 bridgehead atoms. The van der Waals surface area contributed by atoms with E-state index in [-0.39, 0.29) is 6.04 Å². The third kappa shape index (κ3) is 3.36. The van der Waals surface area contributed by atoms with Crippen LogP contribution in [0.3, 0.4) is 0 Å². The van der Waals surface area contributed by atoms with Gasteiger partial charge >= 0.3 is 0 Å². The number of benzene rings is 1. The second-order valence-electron chi connectivity index (χ2n) is 6.07. The number of hydrogen-bond acceptors (Lipinski definition) is 7. The Kier molecular flexibility index (Phi) is 4.39. The van der Waals surface area contributed by atoms with E-state index in [1.54, 1.807) is 12.4 Å². The summed E-state index contributed by atoms with van der Waals surface area (Å²) in [5.41, 5.74) is 0.968. The van der Waals surface area contributed by atoms with Crippen molar-refractivity contribution in [3.63, 3.8) is 0 Å². The van der Waals surface area contributed by atoms with Gasteiger partial charge in [0.2, 0.25) is 17.7 Å². The standard InChI is InChI=1S/C18H20N6O/c1-14(17-21-16(22-25-17)15-6-3-2-4-7-15)23-10-12-24(13-11-23)18-19-8-5-9-20-18/h2-9,14H,10-13H2,1H3. The molecule has 128 valence electrons. The second kappa shape index (κ2) is 6.98. The lowest BCUT2D eigenvalue weighted by atomic mass is 10.2. The molecule has 0 saturated carbocycles. The van der Waals surface area contributed by atoms with Gasteiger partial charge in [-0.25, -0.2) is 9.97 Å². The van der Waals surface area contributed by atoms with Crippen LogP contribution in [0.25, 0.3) is 11.4 Å². The summed E-state index contributed by atoms with van der Waals surface area (Å²) in [6.07, 6.45) is 3.56. The van der Waals surface area contributed by atoms with Crippen LogP contribution in [0.5, 0.6) is 0 Å². The Hall–Kier alpha value is -2.80. The first-order valence-corrected chi connectivity index (χ1v) is 8.46. The zero-order chi connectivity index (χ0) is 17.1. The van der Waals surface area contributed by atoms with Crippen LogP contribution < -0.4 is 4.90 Å². The molecule has 1 unspecified atom stereocenters. The van der Waals surface area contributed by atoms with Crippen molar-refractivity contribution in [1.29, 1.82) is 0 Å². The van der Waals surface area contributed by atoms with Gasteiger partial charge in [0.1, 0.15) is 0 Å². The average Bonchev–Trinajstić information content (AvgIpc) is 3.19. The van der Waals surface area contributed by atoms with Crippen molar-refractivity contribution in [2.45, 2.75) is 13.0 Å². The van der Waals surface area contributed by atoms with Crippen molar-refractivity contribution in [3.8, 4) is 11.4 Å². The molecule has 25 heavy (non-hydrogen) atoms. The molecule has 1 atom stereocenters. The van der Waals surface area contributed by atoms with Crippen LogP contribution in [0.1, 0.15) is 18.9 Å². The average molecular weight is 336 g/mol. The number of hydrogen-bond donors (Lipinski definition) is 0. The predicted molar refractivity (Wildman–Crippen MR) is 94.0 cm³/mol. The molecule has 2 aromatic heterocycles. The smallest absolute Gasteiger partial charge is 0.244 e. The molecular weight excluding hydrogens is 316 g/mol. The van der Waals surface area contributed by atoms with Crippen LogP contribution in [0.2, 0.25) is 0 Å². The zero-order valence-corrected chi connectivity index (χ0v) is 14.1. The molecule has 7 nitrogen and oxygen atoms in total. The Morgan fingerprint density at radius 1 is 0.960 bits per heavy atom. The number of rotatable bonds is 4. The number of aromatic nitrogens is 4. The number of piperazine rings is 1. The fourth-order valence-electron chi connectivity index (χ4n) is 3.03. The van der Waals surface area contributed by atoms with Crippen LogP contribution in [0.15, 0.2) is 53.3 Å². The van der Waals surface area contributed by atoms with Crippen LogP contribution in [0.4, 0.5) is 5.95 Å². The van der Waals surface area contributed by atoms with Gasteiger partial charge in [-0.1, -0.05) is 35.5 Å².